The zero-order valence-corrected chi connectivity index (χ0v) is 21.8. The fourth-order valence-electron chi connectivity index (χ4n) is 4.23. The number of hydrogen-bond donors (Lipinski definition) is 0. The van der Waals surface area contributed by atoms with Crippen LogP contribution in [0, 0.1) is 28.4 Å². The average Bonchev–Trinajstić information content (AvgIpc) is 3.29. The molecule has 0 bridgehead atoms. The summed E-state index contributed by atoms with van der Waals surface area (Å²) in [4.78, 5) is 31.2. The van der Waals surface area contributed by atoms with Gasteiger partial charge in [0.2, 0.25) is 5.91 Å². The van der Waals surface area contributed by atoms with Crippen LogP contribution >= 0.6 is 11.8 Å². The van der Waals surface area contributed by atoms with Gasteiger partial charge in [0.15, 0.2) is 0 Å². The van der Waals surface area contributed by atoms with Gasteiger partial charge in [0.1, 0.15) is 28.3 Å². The minimum absolute atomic E-state index is 0.0443. The summed E-state index contributed by atoms with van der Waals surface area (Å²) >= 11 is 1.21. The molecule has 2 aromatic rings. The number of benzene rings is 2. The minimum atomic E-state index is -0.422. The standard InChI is InChI=1S/C28H28F2N4O2S/c1-28(2,3)16-25(35)32-12-14-33(15-13-32)26(36)23(17-31)27-34(22-10-8-21(30)9-11-22)24(18-37-27)19-4-6-20(29)7-5-19/h4-11,18H,12-16H2,1-3H3/b27-23-. The highest BCUT2D eigenvalue weighted by molar-refractivity contribution is 8.06. The van der Waals surface area contributed by atoms with Gasteiger partial charge in [0.05, 0.1) is 5.70 Å². The molecule has 2 aliphatic rings. The largest absolute Gasteiger partial charge is 0.339 e. The van der Waals surface area contributed by atoms with Gasteiger partial charge in [-0.2, -0.15) is 5.26 Å². The Labute approximate surface area is 219 Å². The van der Waals surface area contributed by atoms with Crippen LogP contribution in [0.25, 0.3) is 5.70 Å². The van der Waals surface area contributed by atoms with E-state index in [2.05, 4.69) is 6.07 Å². The first-order chi connectivity index (χ1) is 17.6. The fourth-order valence-corrected chi connectivity index (χ4v) is 5.26. The first-order valence-corrected chi connectivity index (χ1v) is 12.9. The molecule has 0 saturated carbocycles. The van der Waals surface area contributed by atoms with E-state index in [4.69, 9.17) is 0 Å². The molecule has 192 valence electrons. The number of piperazine rings is 1. The second-order valence-corrected chi connectivity index (χ2v) is 11.0. The Morgan fingerprint density at radius 3 is 2.00 bits per heavy atom. The molecule has 2 aromatic carbocycles. The highest BCUT2D eigenvalue weighted by atomic mass is 32.2. The lowest BCUT2D eigenvalue weighted by Crippen LogP contribution is -2.51. The van der Waals surface area contributed by atoms with E-state index in [1.807, 2.05) is 20.8 Å². The lowest BCUT2D eigenvalue weighted by atomic mass is 9.91. The molecular formula is C28H28F2N4O2S. The molecule has 0 unspecified atom stereocenters. The van der Waals surface area contributed by atoms with E-state index in [0.717, 1.165) is 0 Å². The second kappa shape index (κ2) is 10.8. The van der Waals surface area contributed by atoms with Crippen molar-refractivity contribution in [2.24, 2.45) is 5.41 Å². The Balaban J connectivity index is 1.61. The van der Waals surface area contributed by atoms with Crippen LogP contribution < -0.4 is 4.90 Å². The third kappa shape index (κ3) is 6.03. The summed E-state index contributed by atoms with van der Waals surface area (Å²) in [6, 6.07) is 13.7. The highest BCUT2D eigenvalue weighted by Crippen LogP contribution is 2.44. The van der Waals surface area contributed by atoms with Crippen molar-refractivity contribution in [3.63, 3.8) is 0 Å². The molecule has 0 radical (unpaired) electrons. The molecule has 2 heterocycles. The van der Waals surface area contributed by atoms with Gasteiger partial charge in [-0.15, -0.1) is 0 Å². The van der Waals surface area contributed by atoms with E-state index >= 15 is 0 Å². The number of carbonyl (C=O) groups is 2. The number of hydrogen-bond acceptors (Lipinski definition) is 5. The molecule has 6 nitrogen and oxygen atoms in total. The van der Waals surface area contributed by atoms with Crippen molar-refractivity contribution in [1.29, 1.82) is 5.26 Å². The van der Waals surface area contributed by atoms with Gasteiger partial charge < -0.3 is 14.7 Å². The number of nitriles is 1. The quantitative estimate of drug-likeness (QED) is 0.400. The van der Waals surface area contributed by atoms with Gasteiger partial charge in [-0.3, -0.25) is 9.59 Å². The van der Waals surface area contributed by atoms with E-state index in [9.17, 15) is 23.6 Å². The first-order valence-electron chi connectivity index (χ1n) is 12.0. The van der Waals surface area contributed by atoms with Gasteiger partial charge in [0, 0.05) is 43.7 Å². The number of anilines is 1. The predicted octanol–water partition coefficient (Wildman–Crippen LogP) is 5.36. The minimum Gasteiger partial charge on any atom is -0.339 e. The molecule has 9 heteroatoms. The van der Waals surface area contributed by atoms with E-state index < -0.39 is 11.7 Å². The number of nitrogens with zero attached hydrogens (tertiary/aromatic N) is 4. The smallest absolute Gasteiger partial charge is 0.267 e. The molecular weight excluding hydrogens is 494 g/mol. The van der Waals surface area contributed by atoms with Crippen LogP contribution in [0.2, 0.25) is 0 Å². The summed E-state index contributed by atoms with van der Waals surface area (Å²) in [5, 5.41) is 12.2. The van der Waals surface area contributed by atoms with Crippen molar-refractivity contribution in [1.82, 2.24) is 9.80 Å². The van der Waals surface area contributed by atoms with E-state index in [0.29, 0.717) is 54.6 Å². The van der Waals surface area contributed by atoms with Crippen molar-refractivity contribution in [3.05, 3.63) is 81.7 Å². The summed E-state index contributed by atoms with van der Waals surface area (Å²) in [6.45, 7) is 7.49. The van der Waals surface area contributed by atoms with Crippen molar-refractivity contribution in [2.45, 2.75) is 27.2 Å². The van der Waals surface area contributed by atoms with Gasteiger partial charge in [-0.1, -0.05) is 32.5 Å². The maximum absolute atomic E-state index is 13.7. The summed E-state index contributed by atoms with van der Waals surface area (Å²) in [7, 11) is 0. The van der Waals surface area contributed by atoms with E-state index in [1.54, 1.807) is 44.4 Å². The Kier molecular flexibility index (Phi) is 7.69. The number of thioether (sulfide) groups is 1. The Morgan fingerprint density at radius 2 is 1.46 bits per heavy atom. The molecule has 0 aliphatic carbocycles. The third-order valence-electron chi connectivity index (χ3n) is 6.09. The molecule has 1 saturated heterocycles. The van der Waals surface area contributed by atoms with E-state index in [-0.39, 0.29) is 22.7 Å². The second-order valence-electron chi connectivity index (χ2n) is 10.1. The summed E-state index contributed by atoms with van der Waals surface area (Å²) in [5.74, 6) is -1.16. The predicted molar refractivity (Wildman–Crippen MR) is 141 cm³/mol. The zero-order valence-electron chi connectivity index (χ0n) is 21.0. The normalized spacial score (nSPS) is 17.4. The van der Waals surface area contributed by atoms with Gasteiger partial charge >= 0.3 is 0 Å². The van der Waals surface area contributed by atoms with Crippen molar-refractivity contribution < 1.29 is 18.4 Å². The molecule has 2 amide bonds. The zero-order chi connectivity index (χ0) is 26.7. The van der Waals surface area contributed by atoms with Crippen molar-refractivity contribution in [3.8, 4) is 6.07 Å². The number of amides is 2. The summed E-state index contributed by atoms with van der Waals surface area (Å²) < 4.78 is 27.2. The SMILES string of the molecule is CC(C)(C)CC(=O)N1CCN(C(=O)/C(C#N)=C2\SC=C(c3ccc(F)cc3)N2c2ccc(F)cc2)CC1. The average molecular weight is 523 g/mol. The first kappa shape index (κ1) is 26.4. The molecule has 37 heavy (non-hydrogen) atoms. The molecule has 1 fully saturated rings. The monoisotopic (exact) mass is 522 g/mol. The van der Waals surface area contributed by atoms with Crippen molar-refractivity contribution >= 4 is 35.0 Å². The number of carbonyl (C=O) groups excluding carboxylic acids is 2. The van der Waals surface area contributed by atoms with Crippen LogP contribution in [0.1, 0.15) is 32.8 Å². The van der Waals surface area contributed by atoms with Crippen LogP contribution in [0.15, 0.2) is 64.5 Å². The highest BCUT2D eigenvalue weighted by Gasteiger charge is 2.34. The third-order valence-corrected chi connectivity index (χ3v) is 7.04. The maximum atomic E-state index is 13.7. The lowest BCUT2D eigenvalue weighted by Gasteiger charge is -2.36. The number of halogens is 2. The molecule has 4 rings (SSSR count). The number of rotatable bonds is 4. The molecule has 0 aromatic heterocycles. The van der Waals surface area contributed by atoms with Crippen LogP contribution in [0.3, 0.4) is 0 Å². The van der Waals surface area contributed by atoms with Gasteiger partial charge in [0.25, 0.3) is 5.91 Å². The maximum Gasteiger partial charge on any atom is 0.267 e. The van der Waals surface area contributed by atoms with Gasteiger partial charge in [-0.25, -0.2) is 8.78 Å². The summed E-state index contributed by atoms with van der Waals surface area (Å²) in [6.07, 6.45) is 0.426. The van der Waals surface area contributed by atoms with Crippen molar-refractivity contribution in [2.75, 3.05) is 31.1 Å². The molecule has 0 spiro atoms. The Hall–Kier alpha value is -3.64. The van der Waals surface area contributed by atoms with Crippen LogP contribution in [0.5, 0.6) is 0 Å². The Morgan fingerprint density at radius 1 is 0.919 bits per heavy atom. The molecule has 0 atom stereocenters. The fraction of sp³-hybridized carbons (Fsp3) is 0.321. The van der Waals surface area contributed by atoms with E-state index in [1.165, 1.54) is 36.0 Å². The van der Waals surface area contributed by atoms with Crippen LogP contribution in [0.4, 0.5) is 14.5 Å². The lowest BCUT2D eigenvalue weighted by molar-refractivity contribution is -0.138. The topological polar surface area (TPSA) is 67.6 Å². The van der Waals surface area contributed by atoms with Crippen LogP contribution in [-0.2, 0) is 9.59 Å². The molecule has 2 aliphatic heterocycles. The Bertz CT molecular complexity index is 1280. The molecule has 0 N–H and O–H groups in total. The summed E-state index contributed by atoms with van der Waals surface area (Å²) in [5.41, 5.74) is 1.72. The van der Waals surface area contributed by atoms with Gasteiger partial charge in [-0.05, 0) is 59.5 Å². The van der Waals surface area contributed by atoms with Crippen LogP contribution in [-0.4, -0.2) is 47.8 Å².